The molecule has 0 bridgehead atoms. The fourth-order valence-corrected chi connectivity index (χ4v) is 3.55. The molecule has 0 fully saturated rings. The summed E-state index contributed by atoms with van der Waals surface area (Å²) >= 11 is 4.99. The van der Waals surface area contributed by atoms with Crippen LogP contribution in [0.5, 0.6) is 0 Å². The summed E-state index contributed by atoms with van der Waals surface area (Å²) in [5.74, 6) is -3.75. The summed E-state index contributed by atoms with van der Waals surface area (Å²) in [6, 6.07) is 3.76. The van der Waals surface area contributed by atoms with E-state index in [2.05, 4.69) is 21.2 Å². The van der Waals surface area contributed by atoms with Crippen LogP contribution in [0.2, 0.25) is 0 Å². The minimum Gasteiger partial charge on any atom is -0.310 e. The second kappa shape index (κ2) is 6.74. The topological polar surface area (TPSA) is 12.0 Å². The Kier molecular flexibility index (Phi) is 5.23. The molecule has 0 aliphatic heterocycles. The predicted octanol–water partition coefficient (Wildman–Crippen LogP) is 4.82. The third-order valence-corrected chi connectivity index (χ3v) is 4.89. The second-order valence-corrected chi connectivity index (χ2v) is 6.16. The molecule has 0 amide bonds. The van der Waals surface area contributed by atoms with Crippen molar-refractivity contribution >= 4 is 27.3 Å². The Morgan fingerprint density at radius 3 is 2.40 bits per heavy atom. The molecule has 0 aliphatic rings. The van der Waals surface area contributed by atoms with Gasteiger partial charge in [-0.05, 0) is 51.6 Å². The average molecular weight is 364 g/mol. The Hall–Kier alpha value is -0.850. The highest BCUT2D eigenvalue weighted by Gasteiger charge is 2.18. The van der Waals surface area contributed by atoms with Crippen LogP contribution < -0.4 is 5.32 Å². The van der Waals surface area contributed by atoms with Crippen LogP contribution in [-0.2, 0) is 6.42 Å². The Labute approximate surface area is 128 Å². The van der Waals surface area contributed by atoms with E-state index < -0.39 is 17.5 Å². The van der Waals surface area contributed by atoms with Crippen molar-refractivity contribution in [1.82, 2.24) is 5.32 Å². The second-order valence-electron chi connectivity index (χ2n) is 4.30. The van der Waals surface area contributed by atoms with Gasteiger partial charge in [0.2, 0.25) is 0 Å². The van der Waals surface area contributed by atoms with Crippen LogP contribution in [0.25, 0.3) is 0 Å². The van der Waals surface area contributed by atoms with Gasteiger partial charge in [-0.1, -0.05) is 6.92 Å². The lowest BCUT2D eigenvalue weighted by molar-refractivity contribution is 0.439. The third-order valence-electron chi connectivity index (χ3n) is 2.94. The molecule has 6 heteroatoms. The average Bonchev–Trinajstić information content (AvgIpc) is 2.80. The van der Waals surface area contributed by atoms with Gasteiger partial charge in [-0.2, -0.15) is 0 Å². The van der Waals surface area contributed by atoms with E-state index in [0.717, 1.165) is 21.5 Å². The molecule has 1 aromatic heterocycles. The van der Waals surface area contributed by atoms with Crippen molar-refractivity contribution in [3.63, 3.8) is 0 Å². The van der Waals surface area contributed by atoms with E-state index in [1.807, 2.05) is 18.4 Å². The maximum Gasteiger partial charge on any atom is 0.194 e. The van der Waals surface area contributed by atoms with Gasteiger partial charge < -0.3 is 5.32 Å². The van der Waals surface area contributed by atoms with E-state index in [1.165, 1.54) is 0 Å². The van der Waals surface area contributed by atoms with Crippen LogP contribution in [0, 0.1) is 17.5 Å². The number of nitrogens with one attached hydrogen (secondary N) is 1. The highest BCUT2D eigenvalue weighted by Crippen LogP contribution is 2.29. The Bertz CT molecular complexity index is 577. The van der Waals surface area contributed by atoms with Crippen molar-refractivity contribution in [2.45, 2.75) is 19.4 Å². The maximum atomic E-state index is 13.3. The zero-order chi connectivity index (χ0) is 14.7. The molecular formula is C14H13BrF3NS. The number of benzene rings is 1. The minimum absolute atomic E-state index is 0.264. The molecular weight excluding hydrogens is 351 g/mol. The number of likely N-dealkylation sites (N-methyl/N-ethyl adjacent to an activating group) is 1. The minimum atomic E-state index is -1.43. The fraction of sp³-hybridized carbons (Fsp3) is 0.286. The molecule has 1 N–H and O–H groups in total. The molecule has 1 aromatic carbocycles. The van der Waals surface area contributed by atoms with Gasteiger partial charge in [0.15, 0.2) is 17.5 Å². The first kappa shape index (κ1) is 15.5. The Morgan fingerprint density at radius 1 is 1.25 bits per heavy atom. The number of rotatable bonds is 5. The van der Waals surface area contributed by atoms with Gasteiger partial charge in [0.1, 0.15) is 0 Å². The highest BCUT2D eigenvalue weighted by atomic mass is 79.9. The van der Waals surface area contributed by atoms with Crippen molar-refractivity contribution in [1.29, 1.82) is 0 Å². The first-order chi connectivity index (χ1) is 9.52. The first-order valence-electron chi connectivity index (χ1n) is 6.12. The summed E-state index contributed by atoms with van der Waals surface area (Å²) < 4.78 is 40.7. The van der Waals surface area contributed by atoms with E-state index in [1.54, 1.807) is 11.3 Å². The molecule has 1 heterocycles. The van der Waals surface area contributed by atoms with Crippen molar-refractivity contribution in [2.75, 3.05) is 6.54 Å². The molecule has 0 spiro atoms. The summed E-state index contributed by atoms with van der Waals surface area (Å²) in [6.07, 6.45) is 0.580. The van der Waals surface area contributed by atoms with Gasteiger partial charge >= 0.3 is 0 Å². The summed E-state index contributed by atoms with van der Waals surface area (Å²) in [7, 11) is 0. The van der Waals surface area contributed by atoms with Crippen LogP contribution in [0.4, 0.5) is 13.2 Å². The normalized spacial score (nSPS) is 12.7. The Morgan fingerprint density at radius 2 is 1.90 bits per heavy atom. The molecule has 20 heavy (non-hydrogen) atoms. The molecule has 1 nitrogen and oxygen atoms in total. The van der Waals surface area contributed by atoms with Gasteiger partial charge in [0.25, 0.3) is 0 Å². The largest absolute Gasteiger partial charge is 0.310 e. The molecule has 0 radical (unpaired) electrons. The number of halogens is 4. The summed E-state index contributed by atoms with van der Waals surface area (Å²) in [5.41, 5.74) is 0.406. The van der Waals surface area contributed by atoms with Gasteiger partial charge in [-0.25, -0.2) is 13.2 Å². The molecule has 1 unspecified atom stereocenters. The summed E-state index contributed by atoms with van der Waals surface area (Å²) in [4.78, 5) is 1.07. The molecule has 2 rings (SSSR count). The molecule has 1 atom stereocenters. The van der Waals surface area contributed by atoms with Crippen molar-refractivity contribution in [3.8, 4) is 0 Å². The lowest BCUT2D eigenvalue weighted by Gasteiger charge is -2.18. The van der Waals surface area contributed by atoms with Gasteiger partial charge in [0.05, 0.1) is 0 Å². The molecule has 0 saturated heterocycles. The van der Waals surface area contributed by atoms with Crippen molar-refractivity contribution in [2.24, 2.45) is 0 Å². The SMILES string of the molecule is CCNC(Cc1sccc1Br)c1cc(F)c(F)c(F)c1. The fourth-order valence-electron chi connectivity index (χ4n) is 1.99. The molecule has 0 aliphatic carbocycles. The number of hydrogen-bond donors (Lipinski definition) is 1. The molecule has 0 saturated carbocycles. The van der Waals surface area contributed by atoms with Crippen molar-refractivity contribution in [3.05, 3.63) is 55.9 Å². The van der Waals surface area contributed by atoms with Crippen LogP contribution in [0.1, 0.15) is 23.4 Å². The smallest absolute Gasteiger partial charge is 0.194 e. The molecule has 108 valence electrons. The van der Waals surface area contributed by atoms with Crippen LogP contribution in [-0.4, -0.2) is 6.54 Å². The van der Waals surface area contributed by atoms with E-state index in [-0.39, 0.29) is 6.04 Å². The van der Waals surface area contributed by atoms with E-state index in [4.69, 9.17) is 0 Å². The van der Waals surface area contributed by atoms with Gasteiger partial charge in [0, 0.05) is 21.8 Å². The van der Waals surface area contributed by atoms with Crippen LogP contribution >= 0.6 is 27.3 Å². The lowest BCUT2D eigenvalue weighted by Crippen LogP contribution is -2.23. The zero-order valence-corrected chi connectivity index (χ0v) is 13.1. The Balaban J connectivity index is 2.31. The monoisotopic (exact) mass is 363 g/mol. The standard InChI is InChI=1S/C14H13BrF3NS/c1-2-19-12(7-13-9(15)3-4-20-13)8-5-10(16)14(18)11(17)6-8/h3-6,12,19H,2,7H2,1H3. The van der Waals surface area contributed by atoms with Crippen molar-refractivity contribution < 1.29 is 13.2 Å². The lowest BCUT2D eigenvalue weighted by atomic mass is 10.0. The summed E-state index contributed by atoms with van der Waals surface area (Å²) in [6.45, 7) is 2.56. The quantitative estimate of drug-likeness (QED) is 0.750. The number of hydrogen-bond acceptors (Lipinski definition) is 2. The van der Waals surface area contributed by atoms with Crippen LogP contribution in [0.3, 0.4) is 0 Å². The maximum absolute atomic E-state index is 13.3. The third kappa shape index (κ3) is 3.42. The molecule has 2 aromatic rings. The highest BCUT2D eigenvalue weighted by molar-refractivity contribution is 9.10. The first-order valence-corrected chi connectivity index (χ1v) is 7.79. The predicted molar refractivity (Wildman–Crippen MR) is 78.5 cm³/mol. The number of thiophene rings is 1. The van der Waals surface area contributed by atoms with Crippen LogP contribution in [0.15, 0.2) is 28.1 Å². The van der Waals surface area contributed by atoms with Gasteiger partial charge in [-0.3, -0.25) is 0 Å². The zero-order valence-electron chi connectivity index (χ0n) is 10.7. The van der Waals surface area contributed by atoms with Gasteiger partial charge in [-0.15, -0.1) is 11.3 Å². The van der Waals surface area contributed by atoms with E-state index >= 15 is 0 Å². The summed E-state index contributed by atoms with van der Waals surface area (Å²) in [5, 5.41) is 5.11. The van der Waals surface area contributed by atoms with E-state index in [9.17, 15) is 13.2 Å². The van der Waals surface area contributed by atoms with E-state index in [0.29, 0.717) is 18.5 Å².